The molecular weight excluding hydrogens is 282 g/mol. The van der Waals surface area contributed by atoms with Crippen molar-refractivity contribution in [2.45, 2.75) is 32.7 Å². The van der Waals surface area contributed by atoms with Crippen LogP contribution in [0.5, 0.6) is 0 Å². The first kappa shape index (κ1) is 17.0. The third kappa shape index (κ3) is 4.32. The fraction of sp³-hybridized carbons (Fsp3) is 0.286. The van der Waals surface area contributed by atoms with Crippen LogP contribution in [0.2, 0.25) is 0 Å². The Balaban J connectivity index is 2.48. The second-order valence-corrected chi connectivity index (χ2v) is 5.86. The quantitative estimate of drug-likeness (QED) is 0.661. The Kier molecular flexibility index (Phi) is 6.16. The normalized spacial score (nSPS) is 10.6. The van der Waals surface area contributed by atoms with Crippen LogP contribution < -0.4 is 0 Å². The molecule has 0 bridgehead atoms. The number of benzene rings is 2. The van der Waals surface area contributed by atoms with Gasteiger partial charge in [-0.15, -0.1) is 0 Å². The summed E-state index contributed by atoms with van der Waals surface area (Å²) < 4.78 is 0. The fourth-order valence-corrected chi connectivity index (χ4v) is 2.74. The molecule has 0 N–H and O–H groups in total. The summed E-state index contributed by atoms with van der Waals surface area (Å²) in [6.07, 6.45) is 2.03. The molecular formula is C21H25NO. The Labute approximate surface area is 139 Å². The minimum Gasteiger partial charge on any atom is -0.328 e. The number of rotatable bonds is 7. The van der Waals surface area contributed by atoms with Gasteiger partial charge >= 0.3 is 0 Å². The zero-order valence-electron chi connectivity index (χ0n) is 14.0. The van der Waals surface area contributed by atoms with Crippen molar-refractivity contribution >= 4 is 5.91 Å². The summed E-state index contributed by atoms with van der Waals surface area (Å²) >= 11 is 0. The van der Waals surface area contributed by atoms with E-state index in [1.807, 2.05) is 41.3 Å². The van der Waals surface area contributed by atoms with Crippen molar-refractivity contribution < 1.29 is 4.79 Å². The predicted molar refractivity (Wildman–Crippen MR) is 96.2 cm³/mol. The lowest BCUT2D eigenvalue weighted by molar-refractivity contribution is -0.128. The van der Waals surface area contributed by atoms with Gasteiger partial charge in [0.2, 0.25) is 5.91 Å². The zero-order chi connectivity index (χ0) is 16.7. The van der Waals surface area contributed by atoms with E-state index < -0.39 is 0 Å². The van der Waals surface area contributed by atoms with Crippen molar-refractivity contribution in [1.82, 2.24) is 4.90 Å². The van der Waals surface area contributed by atoms with Crippen molar-refractivity contribution in [1.29, 1.82) is 0 Å². The van der Waals surface area contributed by atoms with Crippen molar-refractivity contribution in [2.24, 2.45) is 0 Å². The molecule has 0 aliphatic heterocycles. The summed E-state index contributed by atoms with van der Waals surface area (Å²) in [7, 11) is 0. The molecule has 2 nitrogen and oxygen atoms in total. The van der Waals surface area contributed by atoms with Gasteiger partial charge in [0, 0.05) is 12.1 Å². The highest BCUT2D eigenvalue weighted by Crippen LogP contribution is 2.30. The standard InChI is InChI=1S/C21H25NO/c1-4-5-16-22(21(23)17(2)3)20(18-12-8-6-9-13-18)19-14-10-7-11-15-19/h6-15,20H,2,4-5,16H2,1,3H3. The van der Waals surface area contributed by atoms with E-state index in [-0.39, 0.29) is 11.9 Å². The van der Waals surface area contributed by atoms with Gasteiger partial charge in [0.15, 0.2) is 0 Å². The number of nitrogens with zero attached hydrogens (tertiary/aromatic N) is 1. The highest BCUT2D eigenvalue weighted by atomic mass is 16.2. The maximum Gasteiger partial charge on any atom is 0.249 e. The zero-order valence-corrected chi connectivity index (χ0v) is 14.0. The first-order chi connectivity index (χ1) is 11.1. The van der Waals surface area contributed by atoms with Gasteiger partial charge < -0.3 is 4.90 Å². The minimum atomic E-state index is -0.0758. The van der Waals surface area contributed by atoms with E-state index >= 15 is 0 Å². The van der Waals surface area contributed by atoms with Gasteiger partial charge in [-0.25, -0.2) is 0 Å². The highest BCUT2D eigenvalue weighted by molar-refractivity contribution is 5.92. The predicted octanol–water partition coefficient (Wildman–Crippen LogP) is 4.98. The van der Waals surface area contributed by atoms with Crippen molar-refractivity contribution in [3.8, 4) is 0 Å². The van der Waals surface area contributed by atoms with Crippen LogP contribution in [0.3, 0.4) is 0 Å². The monoisotopic (exact) mass is 307 g/mol. The van der Waals surface area contributed by atoms with Crippen LogP contribution >= 0.6 is 0 Å². The number of carbonyl (C=O) groups is 1. The highest BCUT2D eigenvalue weighted by Gasteiger charge is 2.26. The van der Waals surface area contributed by atoms with Gasteiger partial charge in [-0.1, -0.05) is 80.6 Å². The Morgan fingerprint density at radius 2 is 1.48 bits per heavy atom. The molecule has 0 unspecified atom stereocenters. The summed E-state index contributed by atoms with van der Waals surface area (Å²) in [5.74, 6) is 0.0242. The minimum absolute atomic E-state index is 0.0242. The fourth-order valence-electron chi connectivity index (χ4n) is 2.74. The summed E-state index contributed by atoms with van der Waals surface area (Å²) in [4.78, 5) is 14.7. The van der Waals surface area contributed by atoms with Crippen LogP contribution in [0.25, 0.3) is 0 Å². The van der Waals surface area contributed by atoms with Crippen molar-refractivity contribution in [2.75, 3.05) is 6.54 Å². The molecule has 0 saturated heterocycles. The molecule has 0 fully saturated rings. The molecule has 0 aliphatic carbocycles. The largest absolute Gasteiger partial charge is 0.328 e. The van der Waals surface area contributed by atoms with Crippen LogP contribution in [0.15, 0.2) is 72.8 Å². The van der Waals surface area contributed by atoms with Crippen LogP contribution in [-0.2, 0) is 4.79 Å². The van der Waals surface area contributed by atoms with Crippen LogP contribution in [0, 0.1) is 0 Å². The number of hydrogen-bond donors (Lipinski definition) is 0. The lowest BCUT2D eigenvalue weighted by Crippen LogP contribution is -2.36. The average Bonchev–Trinajstić information content (AvgIpc) is 2.59. The van der Waals surface area contributed by atoms with Gasteiger partial charge in [-0.3, -0.25) is 4.79 Å². The maximum absolute atomic E-state index is 12.8. The molecule has 2 rings (SSSR count). The Morgan fingerprint density at radius 1 is 1.00 bits per heavy atom. The van der Waals surface area contributed by atoms with Gasteiger partial charge in [-0.2, -0.15) is 0 Å². The Morgan fingerprint density at radius 3 is 1.87 bits per heavy atom. The lowest BCUT2D eigenvalue weighted by Gasteiger charge is -2.33. The molecule has 2 aromatic rings. The van der Waals surface area contributed by atoms with E-state index in [9.17, 15) is 4.79 Å². The molecule has 0 aromatic heterocycles. The molecule has 0 heterocycles. The molecule has 2 heteroatoms. The summed E-state index contributed by atoms with van der Waals surface area (Å²) in [6.45, 7) is 8.52. The van der Waals surface area contributed by atoms with Gasteiger partial charge in [-0.05, 0) is 24.5 Å². The molecule has 0 atom stereocenters. The van der Waals surface area contributed by atoms with Gasteiger partial charge in [0.25, 0.3) is 0 Å². The van der Waals surface area contributed by atoms with E-state index in [4.69, 9.17) is 0 Å². The number of unbranched alkanes of at least 4 members (excludes halogenated alkanes) is 1. The van der Waals surface area contributed by atoms with Crippen LogP contribution in [0.1, 0.15) is 43.9 Å². The summed E-state index contributed by atoms with van der Waals surface area (Å²) in [5, 5.41) is 0. The molecule has 1 amide bonds. The van der Waals surface area contributed by atoms with Gasteiger partial charge in [0.1, 0.15) is 0 Å². The maximum atomic E-state index is 12.8. The molecule has 2 aromatic carbocycles. The topological polar surface area (TPSA) is 20.3 Å². The number of carbonyl (C=O) groups excluding carboxylic acids is 1. The van der Waals surface area contributed by atoms with E-state index in [0.29, 0.717) is 5.57 Å². The third-order valence-corrected chi connectivity index (χ3v) is 3.92. The lowest BCUT2D eigenvalue weighted by atomic mass is 9.96. The van der Waals surface area contributed by atoms with Crippen LogP contribution in [-0.4, -0.2) is 17.4 Å². The summed E-state index contributed by atoms with van der Waals surface area (Å²) in [5.41, 5.74) is 2.84. The molecule has 0 saturated carbocycles. The molecule has 0 spiro atoms. The van der Waals surface area contributed by atoms with Crippen LogP contribution in [0.4, 0.5) is 0 Å². The smallest absolute Gasteiger partial charge is 0.249 e. The second kappa shape index (κ2) is 8.33. The van der Waals surface area contributed by atoms with Crippen molar-refractivity contribution in [3.05, 3.63) is 83.9 Å². The molecule has 0 radical (unpaired) electrons. The number of hydrogen-bond acceptors (Lipinski definition) is 1. The second-order valence-electron chi connectivity index (χ2n) is 5.86. The van der Waals surface area contributed by atoms with Gasteiger partial charge in [0.05, 0.1) is 6.04 Å². The first-order valence-electron chi connectivity index (χ1n) is 8.21. The van der Waals surface area contributed by atoms with E-state index in [0.717, 1.165) is 30.5 Å². The SMILES string of the molecule is C=C(C)C(=O)N(CCCC)C(c1ccccc1)c1ccccc1. The van der Waals surface area contributed by atoms with Crippen molar-refractivity contribution in [3.63, 3.8) is 0 Å². The third-order valence-electron chi connectivity index (χ3n) is 3.92. The summed E-state index contributed by atoms with van der Waals surface area (Å²) in [6, 6.07) is 20.4. The molecule has 0 aliphatic rings. The van der Waals surface area contributed by atoms with E-state index in [2.05, 4.69) is 37.8 Å². The Bertz CT molecular complexity index is 594. The molecule has 120 valence electrons. The molecule has 23 heavy (non-hydrogen) atoms. The first-order valence-corrected chi connectivity index (χ1v) is 8.21. The number of amides is 1. The van der Waals surface area contributed by atoms with E-state index in [1.54, 1.807) is 6.92 Å². The Hall–Kier alpha value is -2.35. The average molecular weight is 307 g/mol. The van der Waals surface area contributed by atoms with E-state index in [1.165, 1.54) is 0 Å².